The second-order valence-electron chi connectivity index (χ2n) is 4.20. The molecule has 0 radical (unpaired) electrons. The second-order valence-corrected chi connectivity index (χ2v) is 5.97. The van der Waals surface area contributed by atoms with E-state index in [2.05, 4.69) is 26.0 Å². The Bertz CT molecular complexity index is 717. The summed E-state index contributed by atoms with van der Waals surface area (Å²) in [7, 11) is 0. The number of hydrazone groups is 1. The van der Waals surface area contributed by atoms with Gasteiger partial charge in [0.25, 0.3) is 0 Å². The van der Waals surface area contributed by atoms with Crippen LogP contribution >= 0.6 is 34.5 Å². The van der Waals surface area contributed by atoms with E-state index in [1.165, 1.54) is 6.21 Å². The molecule has 10 heteroatoms. The maximum Gasteiger partial charge on any atom is 0.247 e. The third kappa shape index (κ3) is 5.93. The van der Waals surface area contributed by atoms with Gasteiger partial charge < -0.3 is 0 Å². The maximum absolute atomic E-state index is 11.7. The van der Waals surface area contributed by atoms with Crippen LogP contribution < -0.4 is 10.7 Å². The van der Waals surface area contributed by atoms with Gasteiger partial charge >= 0.3 is 0 Å². The fraction of sp³-hybridized carbons (Fsp3) is 0.154. The molecule has 0 saturated heterocycles. The van der Waals surface area contributed by atoms with Gasteiger partial charge in [-0.05, 0) is 17.7 Å². The van der Waals surface area contributed by atoms with Crippen LogP contribution in [-0.4, -0.2) is 34.1 Å². The molecule has 0 unspecified atom stereocenters. The molecule has 1 aromatic heterocycles. The number of hydrogen-bond acceptors (Lipinski definition) is 6. The summed E-state index contributed by atoms with van der Waals surface area (Å²) in [6.07, 6.45) is 1.51. The smallest absolute Gasteiger partial charge is 0.247 e. The van der Waals surface area contributed by atoms with Gasteiger partial charge in [0.05, 0.1) is 12.6 Å². The van der Waals surface area contributed by atoms with Gasteiger partial charge in [0, 0.05) is 5.02 Å². The summed E-state index contributed by atoms with van der Waals surface area (Å²) in [4.78, 5) is 22.8. The lowest BCUT2D eigenvalue weighted by molar-refractivity contribution is -0.120. The van der Waals surface area contributed by atoms with Gasteiger partial charge in [-0.25, -0.2) is 5.43 Å². The molecule has 2 N–H and O–H groups in total. The van der Waals surface area contributed by atoms with Crippen molar-refractivity contribution in [2.45, 2.75) is 6.42 Å². The van der Waals surface area contributed by atoms with Crippen molar-refractivity contribution in [1.29, 1.82) is 0 Å². The van der Waals surface area contributed by atoms with Crippen LogP contribution in [0.1, 0.15) is 10.6 Å². The maximum atomic E-state index is 11.7. The third-order valence-electron chi connectivity index (χ3n) is 2.42. The van der Waals surface area contributed by atoms with Gasteiger partial charge in [0.1, 0.15) is 10.9 Å². The standard InChI is InChI=1S/C13H11Cl2N5O2S/c14-6-11(22)17-13-20-19-12(23-13)5-10(21)18-16-7-8-1-3-9(15)4-2-8/h1-4,7H,5-6H2,(H,18,21)(H,17,20,22)/b16-7-. The van der Waals surface area contributed by atoms with E-state index in [9.17, 15) is 9.59 Å². The first-order valence-electron chi connectivity index (χ1n) is 6.32. The van der Waals surface area contributed by atoms with Gasteiger partial charge in [-0.3, -0.25) is 14.9 Å². The van der Waals surface area contributed by atoms with Crippen molar-refractivity contribution in [3.8, 4) is 0 Å². The molecule has 2 rings (SSSR count). The lowest BCUT2D eigenvalue weighted by Gasteiger charge is -1.97. The lowest BCUT2D eigenvalue weighted by Crippen LogP contribution is -2.19. The quantitative estimate of drug-likeness (QED) is 0.461. The number of carbonyl (C=O) groups excluding carboxylic acids is 2. The number of nitrogens with one attached hydrogen (secondary N) is 2. The molecule has 23 heavy (non-hydrogen) atoms. The van der Waals surface area contributed by atoms with E-state index in [0.717, 1.165) is 16.9 Å². The highest BCUT2D eigenvalue weighted by Crippen LogP contribution is 2.15. The molecule has 0 aliphatic rings. The molecule has 0 spiro atoms. The van der Waals surface area contributed by atoms with Crippen LogP contribution in [-0.2, 0) is 16.0 Å². The van der Waals surface area contributed by atoms with Crippen LogP contribution in [0.3, 0.4) is 0 Å². The Labute approximate surface area is 145 Å². The van der Waals surface area contributed by atoms with E-state index < -0.39 is 0 Å². The molecule has 0 bridgehead atoms. The summed E-state index contributed by atoms with van der Waals surface area (Å²) >= 11 is 12.2. The minimum absolute atomic E-state index is 0.00632. The number of rotatable bonds is 6. The second kappa shape index (κ2) is 8.56. The molecule has 0 aliphatic carbocycles. The molecule has 1 heterocycles. The normalized spacial score (nSPS) is 10.7. The Hall–Kier alpha value is -2.03. The number of amides is 2. The highest BCUT2D eigenvalue weighted by molar-refractivity contribution is 7.15. The van der Waals surface area contributed by atoms with E-state index in [1.54, 1.807) is 24.3 Å². The molecule has 1 aromatic carbocycles. The van der Waals surface area contributed by atoms with Gasteiger partial charge in [-0.2, -0.15) is 5.10 Å². The Morgan fingerprint density at radius 1 is 1.22 bits per heavy atom. The SMILES string of the molecule is O=C(Cc1nnc(NC(=O)CCl)s1)N/N=C\c1ccc(Cl)cc1. The summed E-state index contributed by atoms with van der Waals surface area (Å²) in [5.74, 6) is -0.901. The minimum Gasteiger partial charge on any atom is -0.299 e. The molecular weight excluding hydrogens is 361 g/mol. The van der Waals surface area contributed by atoms with E-state index in [4.69, 9.17) is 23.2 Å². The number of nitrogens with zero attached hydrogens (tertiary/aromatic N) is 3. The number of hydrogen-bond donors (Lipinski definition) is 2. The van der Waals surface area contributed by atoms with Crippen molar-refractivity contribution < 1.29 is 9.59 Å². The average molecular weight is 372 g/mol. The molecule has 0 fully saturated rings. The number of anilines is 1. The summed E-state index contributed by atoms with van der Waals surface area (Å²) in [6, 6.07) is 6.99. The Morgan fingerprint density at radius 2 is 1.96 bits per heavy atom. The number of aromatic nitrogens is 2. The topological polar surface area (TPSA) is 96.3 Å². The van der Waals surface area contributed by atoms with Crippen LogP contribution in [0.4, 0.5) is 5.13 Å². The van der Waals surface area contributed by atoms with Gasteiger partial charge in [0.2, 0.25) is 16.9 Å². The molecule has 7 nitrogen and oxygen atoms in total. The van der Waals surface area contributed by atoms with Crippen molar-refractivity contribution in [2.24, 2.45) is 5.10 Å². The zero-order valence-electron chi connectivity index (χ0n) is 11.6. The predicted molar refractivity (Wildman–Crippen MR) is 90.2 cm³/mol. The summed E-state index contributed by atoms with van der Waals surface area (Å²) in [5, 5.41) is 15.2. The molecule has 2 amide bonds. The third-order valence-corrected chi connectivity index (χ3v) is 3.75. The van der Waals surface area contributed by atoms with E-state index in [1.807, 2.05) is 0 Å². The number of alkyl halides is 1. The molecule has 0 saturated carbocycles. The highest BCUT2D eigenvalue weighted by atomic mass is 35.5. The molecule has 120 valence electrons. The first-order valence-corrected chi connectivity index (χ1v) is 8.05. The molecule has 0 atom stereocenters. The Morgan fingerprint density at radius 3 is 2.65 bits per heavy atom. The fourth-order valence-corrected chi connectivity index (χ4v) is 2.38. The minimum atomic E-state index is -0.383. The highest BCUT2D eigenvalue weighted by Gasteiger charge is 2.10. The van der Waals surface area contributed by atoms with Crippen molar-refractivity contribution in [2.75, 3.05) is 11.2 Å². The van der Waals surface area contributed by atoms with Crippen molar-refractivity contribution in [1.82, 2.24) is 15.6 Å². The average Bonchev–Trinajstić information content (AvgIpc) is 2.96. The van der Waals surface area contributed by atoms with Crippen LogP contribution in [0.25, 0.3) is 0 Å². The van der Waals surface area contributed by atoms with Gasteiger partial charge in [-0.15, -0.1) is 21.8 Å². The van der Waals surface area contributed by atoms with Crippen molar-refractivity contribution in [3.63, 3.8) is 0 Å². The zero-order chi connectivity index (χ0) is 16.7. The van der Waals surface area contributed by atoms with Crippen LogP contribution in [0.5, 0.6) is 0 Å². The monoisotopic (exact) mass is 371 g/mol. The van der Waals surface area contributed by atoms with Gasteiger partial charge in [0.15, 0.2) is 0 Å². The first kappa shape index (κ1) is 17.3. The molecular formula is C13H11Cl2N5O2S. The van der Waals surface area contributed by atoms with Gasteiger partial charge in [-0.1, -0.05) is 35.1 Å². The Kier molecular flexibility index (Phi) is 6.45. The van der Waals surface area contributed by atoms with Crippen LogP contribution in [0, 0.1) is 0 Å². The van der Waals surface area contributed by atoms with E-state index in [-0.39, 0.29) is 24.1 Å². The van der Waals surface area contributed by atoms with Crippen LogP contribution in [0.15, 0.2) is 29.4 Å². The number of benzene rings is 1. The fourth-order valence-electron chi connectivity index (χ4n) is 1.43. The van der Waals surface area contributed by atoms with E-state index >= 15 is 0 Å². The van der Waals surface area contributed by atoms with E-state index in [0.29, 0.717) is 15.2 Å². The lowest BCUT2D eigenvalue weighted by atomic mass is 10.2. The first-order chi connectivity index (χ1) is 11.1. The van der Waals surface area contributed by atoms with Crippen molar-refractivity contribution in [3.05, 3.63) is 39.9 Å². The molecule has 2 aromatic rings. The van der Waals surface area contributed by atoms with Crippen molar-refractivity contribution >= 4 is 57.7 Å². The zero-order valence-corrected chi connectivity index (χ0v) is 14.0. The Balaban J connectivity index is 1.82. The van der Waals surface area contributed by atoms with Crippen LogP contribution in [0.2, 0.25) is 5.02 Å². The largest absolute Gasteiger partial charge is 0.299 e. The summed E-state index contributed by atoms with van der Waals surface area (Å²) in [5.41, 5.74) is 3.19. The predicted octanol–water partition coefficient (Wildman–Crippen LogP) is 2.06. The molecule has 0 aliphatic heterocycles. The number of carbonyl (C=O) groups is 2. The summed E-state index contributed by atoms with van der Waals surface area (Å²) < 4.78 is 0. The summed E-state index contributed by atoms with van der Waals surface area (Å²) in [6.45, 7) is 0. The number of halogens is 2.